The number of amidine groups is 1. The summed E-state index contributed by atoms with van der Waals surface area (Å²) in [5, 5.41) is 13.0. The number of nitrogens with zero attached hydrogens (tertiary/aromatic N) is 3. The predicted molar refractivity (Wildman–Crippen MR) is 127 cm³/mol. The molecule has 4 rings (SSSR count). The minimum atomic E-state index is -5.45. The van der Waals surface area contributed by atoms with Crippen LogP contribution < -0.4 is 5.48 Å². The number of aromatic nitrogens is 1. The summed E-state index contributed by atoms with van der Waals surface area (Å²) in [6, 6.07) is 8.89. The molecule has 41 heavy (non-hydrogen) atoms. The number of hydroxylamine groups is 1. The first-order chi connectivity index (χ1) is 19.0. The van der Waals surface area contributed by atoms with Crippen LogP contribution in [-0.4, -0.2) is 27.9 Å². The molecule has 0 amide bonds. The van der Waals surface area contributed by atoms with Crippen molar-refractivity contribution in [3.05, 3.63) is 99.9 Å². The lowest BCUT2D eigenvalue weighted by molar-refractivity contribution is -0.276. The molecule has 2 heterocycles. The lowest BCUT2D eigenvalue weighted by atomic mass is 9.84. The van der Waals surface area contributed by atoms with Gasteiger partial charge in [-0.2, -0.15) is 39.5 Å². The van der Waals surface area contributed by atoms with E-state index in [0.717, 1.165) is 0 Å². The average molecular weight is 590 g/mol. The van der Waals surface area contributed by atoms with E-state index in [4.69, 9.17) is 0 Å². The SMILES string of the molecule is Cc1cc(C2=NOC(c3cc(C(F)(F)F)cc(C(F)(F)F)c3)(C(F)(F)F)C2)ccc1C(=NCc1ccccn1)NO. The predicted octanol–water partition coefficient (Wildman–Crippen LogP) is 6.94. The van der Waals surface area contributed by atoms with Crippen molar-refractivity contribution in [3.8, 4) is 0 Å². The van der Waals surface area contributed by atoms with Crippen molar-refractivity contribution in [3.63, 3.8) is 0 Å². The van der Waals surface area contributed by atoms with Crippen LogP contribution in [0, 0.1) is 6.92 Å². The summed E-state index contributed by atoms with van der Waals surface area (Å²) in [7, 11) is 0. The summed E-state index contributed by atoms with van der Waals surface area (Å²) in [5.74, 6) is 0.0117. The Labute approximate surface area is 226 Å². The van der Waals surface area contributed by atoms with Gasteiger partial charge >= 0.3 is 18.5 Å². The van der Waals surface area contributed by atoms with Gasteiger partial charge in [-0.3, -0.25) is 20.7 Å². The molecule has 0 saturated carbocycles. The lowest BCUT2D eigenvalue weighted by Crippen LogP contribution is -2.43. The van der Waals surface area contributed by atoms with Crippen LogP contribution in [0.5, 0.6) is 0 Å². The Morgan fingerprint density at radius 3 is 2.12 bits per heavy atom. The Morgan fingerprint density at radius 2 is 1.61 bits per heavy atom. The van der Waals surface area contributed by atoms with Gasteiger partial charge in [0.25, 0.3) is 5.60 Å². The third-order valence-electron chi connectivity index (χ3n) is 6.29. The molecule has 1 aromatic heterocycles. The summed E-state index contributed by atoms with van der Waals surface area (Å²) in [6.45, 7) is 1.62. The standard InChI is InChI=1S/C26H19F9N4O2/c1-14-8-15(5-6-20(14)22(38-40)37-13-19-4-2-3-7-36-19)21-12-23(41-39-21,26(33,34)35)16-9-17(24(27,28)29)11-18(10-16)25(30,31)32/h2-11,40H,12-13H2,1H3,(H,37,38). The van der Waals surface area contributed by atoms with Crippen LogP contribution in [0.4, 0.5) is 39.5 Å². The van der Waals surface area contributed by atoms with E-state index in [0.29, 0.717) is 16.8 Å². The molecule has 1 aliphatic rings. The van der Waals surface area contributed by atoms with Crippen molar-refractivity contribution in [1.82, 2.24) is 10.5 Å². The molecule has 0 radical (unpaired) electrons. The Morgan fingerprint density at radius 1 is 0.951 bits per heavy atom. The van der Waals surface area contributed by atoms with Crippen molar-refractivity contribution < 1.29 is 49.6 Å². The number of alkyl halides is 9. The number of hydrogen-bond donors (Lipinski definition) is 2. The molecule has 0 spiro atoms. The summed E-state index contributed by atoms with van der Waals surface area (Å²) in [6.07, 6.45) is -15.8. The maximum Gasteiger partial charge on any atom is 0.435 e. The lowest BCUT2D eigenvalue weighted by Gasteiger charge is -2.30. The molecule has 0 fully saturated rings. The number of rotatable bonds is 5. The second-order valence-corrected chi connectivity index (χ2v) is 9.05. The highest BCUT2D eigenvalue weighted by atomic mass is 19.4. The van der Waals surface area contributed by atoms with Crippen molar-refractivity contribution in [2.75, 3.05) is 0 Å². The van der Waals surface area contributed by atoms with E-state index in [1.807, 2.05) is 5.48 Å². The van der Waals surface area contributed by atoms with E-state index in [1.165, 1.54) is 18.2 Å². The van der Waals surface area contributed by atoms with Crippen LogP contribution in [0.15, 0.2) is 70.9 Å². The van der Waals surface area contributed by atoms with E-state index < -0.39 is 47.2 Å². The molecule has 3 aromatic rings. The summed E-state index contributed by atoms with van der Waals surface area (Å²) < 4.78 is 123. The first-order valence-corrected chi connectivity index (χ1v) is 11.6. The van der Waals surface area contributed by atoms with Gasteiger partial charge in [0.05, 0.1) is 29.1 Å². The highest BCUT2D eigenvalue weighted by molar-refractivity contribution is 6.04. The van der Waals surface area contributed by atoms with Gasteiger partial charge in [0.2, 0.25) is 0 Å². The molecular formula is C26H19F9N4O2. The first-order valence-electron chi connectivity index (χ1n) is 11.6. The average Bonchev–Trinajstić information content (AvgIpc) is 3.36. The van der Waals surface area contributed by atoms with Crippen LogP contribution in [0.3, 0.4) is 0 Å². The normalized spacial score (nSPS) is 18.2. The van der Waals surface area contributed by atoms with Gasteiger partial charge in [-0.05, 0) is 54.4 Å². The van der Waals surface area contributed by atoms with Crippen molar-refractivity contribution in [2.45, 2.75) is 44.0 Å². The number of hydrogen-bond acceptors (Lipinski definition) is 5. The number of oxime groups is 1. The molecule has 0 saturated heterocycles. The van der Waals surface area contributed by atoms with E-state index in [1.54, 1.807) is 31.3 Å². The van der Waals surface area contributed by atoms with Gasteiger partial charge < -0.3 is 4.84 Å². The molecule has 2 aromatic carbocycles. The highest BCUT2D eigenvalue weighted by Crippen LogP contribution is 2.51. The first kappa shape index (κ1) is 29.8. The van der Waals surface area contributed by atoms with Gasteiger partial charge in [-0.25, -0.2) is 0 Å². The number of nitrogens with one attached hydrogen (secondary N) is 1. The highest BCUT2D eigenvalue weighted by Gasteiger charge is 2.63. The van der Waals surface area contributed by atoms with Crippen LogP contribution >= 0.6 is 0 Å². The zero-order valence-electron chi connectivity index (χ0n) is 20.8. The van der Waals surface area contributed by atoms with Gasteiger partial charge in [0.15, 0.2) is 5.84 Å². The fourth-order valence-electron chi connectivity index (χ4n) is 4.19. The van der Waals surface area contributed by atoms with E-state index >= 15 is 0 Å². The molecule has 0 aliphatic carbocycles. The monoisotopic (exact) mass is 590 g/mol. The molecule has 1 aliphatic heterocycles. The third kappa shape index (κ3) is 6.14. The van der Waals surface area contributed by atoms with Crippen LogP contribution in [0.2, 0.25) is 0 Å². The van der Waals surface area contributed by atoms with Gasteiger partial charge in [0.1, 0.15) is 0 Å². The Bertz CT molecular complexity index is 1450. The number of pyridine rings is 1. The maximum atomic E-state index is 14.3. The molecule has 2 N–H and O–H groups in total. The minimum absolute atomic E-state index is 0.0117. The number of benzene rings is 2. The maximum absolute atomic E-state index is 14.3. The number of halogens is 9. The Balaban J connectivity index is 1.70. The number of aryl methyl sites for hydroxylation is 1. The third-order valence-corrected chi connectivity index (χ3v) is 6.29. The Kier molecular flexibility index (Phi) is 7.78. The van der Waals surface area contributed by atoms with Crippen LogP contribution in [-0.2, 0) is 29.3 Å². The van der Waals surface area contributed by atoms with E-state index in [2.05, 4.69) is 20.0 Å². The molecular weight excluding hydrogens is 571 g/mol. The zero-order valence-corrected chi connectivity index (χ0v) is 20.8. The van der Waals surface area contributed by atoms with E-state index in [9.17, 15) is 44.7 Å². The fraction of sp³-hybridized carbons (Fsp3) is 0.269. The smallest absolute Gasteiger partial charge is 0.374 e. The van der Waals surface area contributed by atoms with Crippen molar-refractivity contribution >= 4 is 11.5 Å². The second-order valence-electron chi connectivity index (χ2n) is 9.05. The van der Waals surface area contributed by atoms with Crippen molar-refractivity contribution in [1.29, 1.82) is 0 Å². The van der Waals surface area contributed by atoms with Gasteiger partial charge in [0, 0.05) is 23.7 Å². The second kappa shape index (κ2) is 10.7. The number of aliphatic imine (C=N–C) groups is 1. The molecule has 15 heteroatoms. The fourth-order valence-corrected chi connectivity index (χ4v) is 4.19. The molecule has 1 unspecified atom stereocenters. The van der Waals surface area contributed by atoms with Crippen LogP contribution in [0.1, 0.15) is 45.5 Å². The minimum Gasteiger partial charge on any atom is -0.374 e. The van der Waals surface area contributed by atoms with E-state index in [-0.39, 0.29) is 41.9 Å². The summed E-state index contributed by atoms with van der Waals surface area (Å²) >= 11 is 0. The van der Waals surface area contributed by atoms with Crippen molar-refractivity contribution in [2.24, 2.45) is 10.1 Å². The summed E-state index contributed by atoms with van der Waals surface area (Å²) in [4.78, 5) is 13.0. The largest absolute Gasteiger partial charge is 0.435 e. The van der Waals surface area contributed by atoms with Crippen LogP contribution in [0.25, 0.3) is 0 Å². The zero-order chi connectivity index (χ0) is 30.2. The quantitative estimate of drug-likeness (QED) is 0.146. The topological polar surface area (TPSA) is 79.1 Å². The summed E-state index contributed by atoms with van der Waals surface area (Å²) in [5.41, 5.74) is -5.89. The molecule has 6 nitrogen and oxygen atoms in total. The molecule has 218 valence electrons. The molecule has 1 atom stereocenters. The molecule has 0 bridgehead atoms. The van der Waals surface area contributed by atoms with Gasteiger partial charge in [-0.1, -0.05) is 23.4 Å². The van der Waals surface area contributed by atoms with Gasteiger partial charge in [-0.15, -0.1) is 0 Å². The Hall–Kier alpha value is -4.14.